The fourth-order valence-electron chi connectivity index (χ4n) is 1.56. The van der Waals surface area contributed by atoms with Gasteiger partial charge in [0.15, 0.2) is 5.82 Å². The zero-order chi connectivity index (χ0) is 11.3. The van der Waals surface area contributed by atoms with Crippen LogP contribution in [0.3, 0.4) is 0 Å². The molecule has 15 heavy (non-hydrogen) atoms. The van der Waals surface area contributed by atoms with E-state index in [4.69, 9.17) is 10.3 Å². The van der Waals surface area contributed by atoms with Gasteiger partial charge in [0.2, 0.25) is 5.89 Å². The molecule has 1 atom stereocenters. The van der Waals surface area contributed by atoms with Crippen molar-refractivity contribution >= 4 is 0 Å². The lowest BCUT2D eigenvalue weighted by Gasteiger charge is -2.19. The van der Waals surface area contributed by atoms with Crippen LogP contribution in [0.1, 0.15) is 57.7 Å². The molecule has 0 saturated carbocycles. The molecule has 0 saturated heterocycles. The Morgan fingerprint density at radius 3 is 2.60 bits per heavy atom. The van der Waals surface area contributed by atoms with Crippen molar-refractivity contribution in [1.29, 1.82) is 0 Å². The largest absolute Gasteiger partial charge is 0.340 e. The van der Waals surface area contributed by atoms with Crippen molar-refractivity contribution in [2.24, 2.45) is 5.73 Å². The summed E-state index contributed by atoms with van der Waals surface area (Å²) in [4.78, 5) is 4.18. The first-order valence-electron chi connectivity index (χ1n) is 5.66. The second kappa shape index (κ2) is 5.26. The molecule has 0 aromatic carbocycles. The molecule has 1 heterocycles. The second-order valence-electron chi connectivity index (χ2n) is 4.37. The van der Waals surface area contributed by atoms with Crippen LogP contribution in [0.25, 0.3) is 0 Å². The van der Waals surface area contributed by atoms with Gasteiger partial charge in [0.1, 0.15) is 0 Å². The van der Waals surface area contributed by atoms with Gasteiger partial charge in [-0.25, -0.2) is 0 Å². The minimum absolute atomic E-state index is 0.453. The van der Waals surface area contributed by atoms with E-state index in [0.29, 0.717) is 11.7 Å². The third-order valence-electron chi connectivity index (χ3n) is 2.59. The lowest BCUT2D eigenvalue weighted by Crippen LogP contribution is -2.34. The van der Waals surface area contributed by atoms with E-state index < -0.39 is 5.54 Å². The molecule has 0 spiro atoms. The maximum absolute atomic E-state index is 6.15. The summed E-state index contributed by atoms with van der Waals surface area (Å²) >= 11 is 0. The van der Waals surface area contributed by atoms with Crippen molar-refractivity contribution in [2.45, 2.75) is 58.4 Å². The van der Waals surface area contributed by atoms with Gasteiger partial charge in [-0.3, -0.25) is 0 Å². The summed E-state index contributed by atoms with van der Waals surface area (Å²) < 4.78 is 4.94. The molecule has 1 aromatic rings. The first-order valence-corrected chi connectivity index (χ1v) is 5.66. The van der Waals surface area contributed by atoms with Gasteiger partial charge in [-0.05, 0) is 13.3 Å². The normalized spacial score (nSPS) is 15.2. The smallest absolute Gasteiger partial charge is 0.223 e. The summed E-state index contributed by atoms with van der Waals surface area (Å²) in [5.41, 5.74) is 5.70. The van der Waals surface area contributed by atoms with Crippen LogP contribution in [-0.2, 0) is 5.54 Å². The maximum atomic E-state index is 6.15. The Kier molecular flexibility index (Phi) is 4.27. The zero-order valence-corrected chi connectivity index (χ0v) is 9.92. The number of nitrogens with zero attached hydrogens (tertiary/aromatic N) is 2. The van der Waals surface area contributed by atoms with E-state index in [1.165, 1.54) is 19.3 Å². The van der Waals surface area contributed by atoms with Crippen molar-refractivity contribution in [3.8, 4) is 0 Å². The van der Waals surface area contributed by atoms with Gasteiger partial charge < -0.3 is 10.3 Å². The second-order valence-corrected chi connectivity index (χ2v) is 4.37. The van der Waals surface area contributed by atoms with Crippen LogP contribution in [0.15, 0.2) is 4.52 Å². The topological polar surface area (TPSA) is 64.9 Å². The average molecular weight is 211 g/mol. The third-order valence-corrected chi connectivity index (χ3v) is 2.59. The Morgan fingerprint density at radius 1 is 1.33 bits per heavy atom. The van der Waals surface area contributed by atoms with E-state index in [1.54, 1.807) is 6.92 Å². The van der Waals surface area contributed by atoms with Crippen LogP contribution < -0.4 is 5.73 Å². The van der Waals surface area contributed by atoms with E-state index >= 15 is 0 Å². The van der Waals surface area contributed by atoms with E-state index in [-0.39, 0.29) is 0 Å². The Labute approximate surface area is 91.2 Å². The van der Waals surface area contributed by atoms with Crippen molar-refractivity contribution < 1.29 is 4.52 Å². The van der Waals surface area contributed by atoms with E-state index in [2.05, 4.69) is 17.1 Å². The molecule has 0 aliphatic heterocycles. The Bertz CT molecular complexity index is 294. The van der Waals surface area contributed by atoms with Crippen LogP contribution in [0.4, 0.5) is 0 Å². The van der Waals surface area contributed by atoms with Crippen LogP contribution >= 0.6 is 0 Å². The average Bonchev–Trinajstić information content (AvgIpc) is 2.60. The molecular formula is C11H21N3O. The highest BCUT2D eigenvalue weighted by Crippen LogP contribution is 2.21. The fourth-order valence-corrected chi connectivity index (χ4v) is 1.56. The lowest BCUT2D eigenvalue weighted by molar-refractivity contribution is 0.349. The maximum Gasteiger partial charge on any atom is 0.223 e. The number of rotatable bonds is 6. The highest BCUT2D eigenvalue weighted by molar-refractivity contribution is 5.00. The summed E-state index contributed by atoms with van der Waals surface area (Å²) in [7, 11) is 0. The number of hydrogen-bond donors (Lipinski definition) is 1. The number of hydrogen-bond acceptors (Lipinski definition) is 4. The first kappa shape index (κ1) is 12.2. The highest BCUT2D eigenvalue weighted by Gasteiger charge is 2.26. The summed E-state index contributed by atoms with van der Waals surface area (Å²) in [6.45, 7) is 5.94. The molecular weight excluding hydrogens is 190 g/mol. The Balaban J connectivity index is 2.44. The van der Waals surface area contributed by atoms with Crippen molar-refractivity contribution in [3.63, 3.8) is 0 Å². The van der Waals surface area contributed by atoms with Crippen LogP contribution in [0, 0.1) is 6.92 Å². The minimum Gasteiger partial charge on any atom is -0.340 e. The van der Waals surface area contributed by atoms with E-state index in [1.807, 2.05) is 6.92 Å². The van der Waals surface area contributed by atoms with Gasteiger partial charge in [-0.15, -0.1) is 0 Å². The molecule has 86 valence electrons. The van der Waals surface area contributed by atoms with Crippen LogP contribution in [-0.4, -0.2) is 10.1 Å². The summed E-state index contributed by atoms with van der Waals surface area (Å²) in [6.07, 6.45) is 5.75. The molecule has 0 radical (unpaired) electrons. The summed E-state index contributed by atoms with van der Waals surface area (Å²) in [5, 5.41) is 3.88. The molecule has 1 aromatic heterocycles. The lowest BCUT2D eigenvalue weighted by atomic mass is 9.94. The zero-order valence-electron chi connectivity index (χ0n) is 9.92. The fraction of sp³-hybridized carbons (Fsp3) is 0.818. The van der Waals surface area contributed by atoms with Gasteiger partial charge in [0.25, 0.3) is 0 Å². The van der Waals surface area contributed by atoms with E-state index in [0.717, 1.165) is 12.8 Å². The number of nitrogens with two attached hydrogens (primary N) is 1. The SMILES string of the molecule is CCCCCCC(C)(N)c1noc(C)n1. The Hall–Kier alpha value is -0.900. The van der Waals surface area contributed by atoms with Gasteiger partial charge in [0.05, 0.1) is 5.54 Å². The van der Waals surface area contributed by atoms with Crippen LogP contribution in [0.2, 0.25) is 0 Å². The van der Waals surface area contributed by atoms with E-state index in [9.17, 15) is 0 Å². The van der Waals surface area contributed by atoms with Crippen molar-refractivity contribution in [3.05, 3.63) is 11.7 Å². The van der Waals surface area contributed by atoms with Crippen molar-refractivity contribution in [1.82, 2.24) is 10.1 Å². The standard InChI is InChI=1S/C11H21N3O/c1-4-5-6-7-8-11(3,12)10-13-9(2)15-14-10/h4-8,12H2,1-3H3. The quantitative estimate of drug-likeness (QED) is 0.734. The molecule has 1 rings (SSSR count). The molecule has 4 nitrogen and oxygen atoms in total. The molecule has 0 aliphatic carbocycles. The first-order chi connectivity index (χ1) is 7.06. The summed E-state index contributed by atoms with van der Waals surface area (Å²) in [5.74, 6) is 1.20. The van der Waals surface area contributed by atoms with Crippen molar-refractivity contribution in [2.75, 3.05) is 0 Å². The van der Waals surface area contributed by atoms with Gasteiger partial charge in [-0.1, -0.05) is 37.8 Å². The van der Waals surface area contributed by atoms with Gasteiger partial charge in [-0.2, -0.15) is 4.98 Å². The van der Waals surface area contributed by atoms with Crippen LogP contribution in [0.5, 0.6) is 0 Å². The molecule has 0 bridgehead atoms. The predicted molar refractivity (Wildman–Crippen MR) is 59.3 cm³/mol. The molecule has 2 N–H and O–H groups in total. The predicted octanol–water partition coefficient (Wildman–Crippen LogP) is 2.52. The highest BCUT2D eigenvalue weighted by atomic mass is 16.5. The Morgan fingerprint density at radius 2 is 2.07 bits per heavy atom. The molecule has 1 unspecified atom stereocenters. The van der Waals surface area contributed by atoms with Gasteiger partial charge in [0, 0.05) is 6.92 Å². The minimum atomic E-state index is -0.453. The monoisotopic (exact) mass is 211 g/mol. The molecule has 0 fully saturated rings. The third kappa shape index (κ3) is 3.63. The van der Waals surface area contributed by atoms with Gasteiger partial charge >= 0.3 is 0 Å². The molecule has 0 amide bonds. The molecule has 4 heteroatoms. The number of aromatic nitrogens is 2. The summed E-state index contributed by atoms with van der Waals surface area (Å²) in [6, 6.07) is 0. The molecule has 0 aliphatic rings. The number of aryl methyl sites for hydroxylation is 1. The number of unbranched alkanes of at least 4 members (excludes halogenated alkanes) is 3.